The van der Waals surface area contributed by atoms with Gasteiger partial charge in [0.15, 0.2) is 0 Å². The Balaban J connectivity index is 0.00000104. The third kappa shape index (κ3) is 4.08. The molecule has 3 heterocycles. The number of aryl methyl sites for hydroxylation is 1. The van der Waals surface area contributed by atoms with Gasteiger partial charge in [0.1, 0.15) is 11.6 Å². The zero-order valence-corrected chi connectivity index (χ0v) is 18.4. The van der Waals surface area contributed by atoms with Gasteiger partial charge >= 0.3 is 0 Å². The summed E-state index contributed by atoms with van der Waals surface area (Å²) in [6, 6.07) is 13.4. The van der Waals surface area contributed by atoms with E-state index < -0.39 is 0 Å². The number of nitriles is 1. The Hall–Kier alpha value is -3.15. The van der Waals surface area contributed by atoms with E-state index in [0.29, 0.717) is 31.9 Å². The van der Waals surface area contributed by atoms with Crippen molar-refractivity contribution in [2.24, 2.45) is 7.05 Å². The first-order valence-corrected chi connectivity index (χ1v) is 10.6. The fraction of sp³-hybridized carbons (Fsp3) is 0.318. The number of carbonyl (C=O) groups is 1. The summed E-state index contributed by atoms with van der Waals surface area (Å²) in [5.74, 6) is 0.0407. The van der Waals surface area contributed by atoms with Crippen LogP contribution < -0.4 is 16.6 Å². The van der Waals surface area contributed by atoms with Crippen LogP contribution in [0.2, 0.25) is 0 Å². The van der Waals surface area contributed by atoms with Crippen molar-refractivity contribution >= 4 is 33.8 Å². The summed E-state index contributed by atoms with van der Waals surface area (Å²) < 4.78 is 1.52. The molecule has 0 unspecified atom stereocenters. The molecule has 1 saturated heterocycles. The van der Waals surface area contributed by atoms with Gasteiger partial charge in [-0.2, -0.15) is 5.26 Å². The van der Waals surface area contributed by atoms with Crippen LogP contribution in [-0.2, 0) is 7.05 Å². The maximum Gasteiger partial charge on any atom is 0.270 e. The third-order valence-electron chi connectivity index (χ3n) is 5.00. The Labute approximate surface area is 180 Å². The van der Waals surface area contributed by atoms with Crippen LogP contribution in [0.25, 0.3) is 10.9 Å². The Morgan fingerprint density at radius 2 is 1.73 bits per heavy atom. The first-order valence-electron chi connectivity index (χ1n) is 9.71. The molecule has 0 saturated carbocycles. The van der Waals surface area contributed by atoms with E-state index in [4.69, 9.17) is 0 Å². The molecule has 1 aliphatic heterocycles. The lowest BCUT2D eigenvalue weighted by atomic mass is 10.1. The van der Waals surface area contributed by atoms with E-state index in [9.17, 15) is 14.9 Å². The number of nitrogens with zero attached hydrogens (tertiary/aromatic N) is 4. The average Bonchev–Trinajstić information content (AvgIpc) is 3.32. The van der Waals surface area contributed by atoms with Gasteiger partial charge in [0, 0.05) is 38.6 Å². The molecule has 3 N–H and O–H groups in total. The van der Waals surface area contributed by atoms with Crippen LogP contribution in [0.3, 0.4) is 0 Å². The average molecular weight is 426 g/mol. The maximum absolute atomic E-state index is 12.7. The SMILES string of the molecule is CC.Cn1c(=O)c(C#N)c(N2CCN(C(=O)c3cccs3)CC2)c2ccccc21.N. The fourth-order valence-electron chi connectivity index (χ4n) is 3.60. The molecular formula is C22H27N5O2S. The Bertz CT molecular complexity index is 1110. The number of anilines is 1. The van der Waals surface area contributed by atoms with E-state index in [-0.39, 0.29) is 23.2 Å². The summed E-state index contributed by atoms with van der Waals surface area (Å²) >= 11 is 1.44. The molecule has 1 aromatic carbocycles. The van der Waals surface area contributed by atoms with Crippen molar-refractivity contribution in [1.29, 1.82) is 5.26 Å². The minimum absolute atomic E-state index is 0. The summed E-state index contributed by atoms with van der Waals surface area (Å²) in [4.78, 5) is 29.8. The van der Waals surface area contributed by atoms with Crippen LogP contribution in [0.5, 0.6) is 0 Å². The second kappa shape index (κ2) is 10.1. The number of thiophene rings is 1. The van der Waals surface area contributed by atoms with Crippen LogP contribution in [0.1, 0.15) is 29.1 Å². The molecular weight excluding hydrogens is 398 g/mol. The van der Waals surface area contributed by atoms with Crippen LogP contribution in [0, 0.1) is 11.3 Å². The molecule has 158 valence electrons. The van der Waals surface area contributed by atoms with Gasteiger partial charge in [0.2, 0.25) is 0 Å². The van der Waals surface area contributed by atoms with Crippen LogP contribution in [0.4, 0.5) is 5.69 Å². The standard InChI is InChI=1S/C20H18N4O2S.C2H6.H3N/c1-22-16-6-3-2-5-14(16)18(15(13-21)19(22)25)23-8-10-24(11-9-23)20(26)17-7-4-12-27-17;1-2;/h2-7,12H,8-11H2,1H3;1-2H3;1H3. The van der Waals surface area contributed by atoms with Crippen molar-refractivity contribution in [3.63, 3.8) is 0 Å². The summed E-state index contributed by atoms with van der Waals surface area (Å²) in [6.45, 7) is 6.29. The van der Waals surface area contributed by atoms with Crippen molar-refractivity contribution in [2.45, 2.75) is 13.8 Å². The number of rotatable bonds is 2. The molecule has 0 aliphatic carbocycles. The zero-order chi connectivity index (χ0) is 21.0. The van der Waals surface area contributed by atoms with Crippen LogP contribution >= 0.6 is 11.3 Å². The second-order valence-corrected chi connectivity index (χ2v) is 7.42. The maximum atomic E-state index is 12.7. The van der Waals surface area contributed by atoms with Crippen LogP contribution in [-0.4, -0.2) is 41.6 Å². The smallest absolute Gasteiger partial charge is 0.270 e. The lowest BCUT2D eigenvalue weighted by Crippen LogP contribution is -2.49. The van der Waals surface area contributed by atoms with Gasteiger partial charge in [-0.15, -0.1) is 11.3 Å². The number of carbonyl (C=O) groups excluding carboxylic acids is 1. The van der Waals surface area contributed by atoms with E-state index >= 15 is 0 Å². The lowest BCUT2D eigenvalue weighted by Gasteiger charge is -2.36. The monoisotopic (exact) mass is 425 g/mol. The third-order valence-corrected chi connectivity index (χ3v) is 5.86. The van der Waals surface area contributed by atoms with E-state index in [1.165, 1.54) is 15.9 Å². The highest BCUT2D eigenvalue weighted by molar-refractivity contribution is 7.12. The molecule has 1 aliphatic rings. The van der Waals surface area contributed by atoms with Crippen molar-refractivity contribution in [3.05, 3.63) is 62.6 Å². The molecule has 0 atom stereocenters. The summed E-state index contributed by atoms with van der Waals surface area (Å²) in [7, 11) is 1.69. The molecule has 30 heavy (non-hydrogen) atoms. The van der Waals surface area contributed by atoms with E-state index in [1.54, 1.807) is 7.05 Å². The molecule has 3 aromatic rings. The second-order valence-electron chi connectivity index (χ2n) is 6.47. The lowest BCUT2D eigenvalue weighted by molar-refractivity contribution is 0.0751. The number of aromatic nitrogens is 1. The first-order chi connectivity index (χ1) is 14.1. The zero-order valence-electron chi connectivity index (χ0n) is 17.6. The van der Waals surface area contributed by atoms with Gasteiger partial charge < -0.3 is 20.5 Å². The van der Waals surface area contributed by atoms with E-state index in [1.807, 2.05) is 60.5 Å². The Morgan fingerprint density at radius 3 is 2.33 bits per heavy atom. The normalized spacial score (nSPS) is 13.1. The van der Waals surface area contributed by atoms with Crippen LogP contribution in [0.15, 0.2) is 46.6 Å². The molecule has 7 nitrogen and oxygen atoms in total. The number of fused-ring (bicyclic) bond motifs is 1. The number of amides is 1. The highest BCUT2D eigenvalue weighted by Crippen LogP contribution is 2.29. The summed E-state index contributed by atoms with van der Waals surface area (Å²) in [5.41, 5.74) is 1.35. The number of piperazine rings is 1. The molecule has 0 spiro atoms. The molecule has 1 amide bonds. The first kappa shape index (κ1) is 23.1. The molecule has 8 heteroatoms. The van der Waals surface area contributed by atoms with Crippen molar-refractivity contribution in [3.8, 4) is 6.07 Å². The van der Waals surface area contributed by atoms with Gasteiger partial charge in [0.25, 0.3) is 11.5 Å². The van der Waals surface area contributed by atoms with Crippen molar-refractivity contribution in [2.75, 3.05) is 31.1 Å². The number of pyridine rings is 1. The van der Waals surface area contributed by atoms with Gasteiger partial charge in [-0.05, 0) is 17.5 Å². The minimum atomic E-state index is -0.289. The van der Waals surface area contributed by atoms with Gasteiger partial charge in [0.05, 0.1) is 16.1 Å². The summed E-state index contributed by atoms with van der Waals surface area (Å²) in [6.07, 6.45) is 0. The molecule has 4 rings (SSSR count). The Kier molecular flexibility index (Phi) is 7.75. The highest BCUT2D eigenvalue weighted by atomic mass is 32.1. The predicted molar refractivity (Wildman–Crippen MR) is 123 cm³/mol. The van der Waals surface area contributed by atoms with E-state index in [2.05, 4.69) is 11.0 Å². The number of hydrogen-bond donors (Lipinski definition) is 1. The minimum Gasteiger partial charge on any atom is -0.366 e. The summed E-state index contributed by atoms with van der Waals surface area (Å²) in [5, 5.41) is 12.4. The molecule has 0 radical (unpaired) electrons. The highest BCUT2D eigenvalue weighted by Gasteiger charge is 2.26. The van der Waals surface area contributed by atoms with Gasteiger partial charge in [-0.25, -0.2) is 0 Å². The van der Waals surface area contributed by atoms with E-state index in [0.717, 1.165) is 15.8 Å². The molecule has 1 fully saturated rings. The fourth-order valence-corrected chi connectivity index (χ4v) is 4.29. The topological polar surface area (TPSA) is 104 Å². The van der Waals surface area contributed by atoms with Crippen molar-refractivity contribution in [1.82, 2.24) is 15.6 Å². The predicted octanol–water partition coefficient (Wildman–Crippen LogP) is 3.62. The largest absolute Gasteiger partial charge is 0.366 e. The van der Waals surface area contributed by atoms with Crippen molar-refractivity contribution < 1.29 is 4.79 Å². The Morgan fingerprint density at radius 1 is 1.07 bits per heavy atom. The number of hydrogen-bond acceptors (Lipinski definition) is 6. The quantitative estimate of drug-likeness (QED) is 0.675. The number of benzene rings is 1. The number of para-hydroxylation sites is 1. The van der Waals surface area contributed by atoms with Gasteiger partial charge in [-0.1, -0.05) is 38.1 Å². The molecule has 2 aromatic heterocycles. The molecule has 0 bridgehead atoms. The van der Waals surface area contributed by atoms with Gasteiger partial charge in [-0.3, -0.25) is 9.59 Å².